The number of aromatic nitrogens is 4. The summed E-state index contributed by atoms with van der Waals surface area (Å²) < 4.78 is 7.09. The topological polar surface area (TPSA) is 78.8 Å². The van der Waals surface area contributed by atoms with Crippen LogP contribution in [0.25, 0.3) is 11.4 Å². The van der Waals surface area contributed by atoms with Crippen LogP contribution in [0.2, 0.25) is 5.02 Å². The molecule has 0 aliphatic heterocycles. The van der Waals surface area contributed by atoms with E-state index in [2.05, 4.69) is 15.5 Å². The van der Waals surface area contributed by atoms with E-state index in [1.807, 2.05) is 19.9 Å². The Balaban J connectivity index is 2.33. The molecule has 1 heterocycles. The van der Waals surface area contributed by atoms with Gasteiger partial charge < -0.3 is 10.5 Å². The third-order valence-electron chi connectivity index (χ3n) is 2.73. The van der Waals surface area contributed by atoms with E-state index in [4.69, 9.17) is 22.1 Å². The number of nitrogen functional groups attached to an aromatic ring is 1. The number of halogens is 1. The van der Waals surface area contributed by atoms with Gasteiger partial charge in [-0.2, -0.15) is 0 Å². The molecule has 1 atom stereocenters. The second kappa shape index (κ2) is 5.99. The summed E-state index contributed by atoms with van der Waals surface area (Å²) in [6.45, 7) is 5.14. The van der Waals surface area contributed by atoms with Crippen LogP contribution in [0, 0.1) is 0 Å². The van der Waals surface area contributed by atoms with Crippen LogP contribution in [0.5, 0.6) is 0 Å². The van der Waals surface area contributed by atoms with Crippen LogP contribution in [0.4, 0.5) is 5.69 Å². The predicted molar refractivity (Wildman–Crippen MR) is 73.9 cm³/mol. The number of nitrogens with zero attached hydrogens (tertiary/aromatic N) is 4. The standard InChI is InChI=1S/C12H16ClN5O/c1-3-19-7-8(2)18-12(15-16-17-18)10-5-4-9(13)6-11(10)14/h4-6,8H,3,7,14H2,1-2H3. The molecule has 102 valence electrons. The number of tetrazole rings is 1. The van der Waals surface area contributed by atoms with E-state index >= 15 is 0 Å². The van der Waals surface area contributed by atoms with Crippen molar-refractivity contribution in [3.63, 3.8) is 0 Å². The molecule has 0 fully saturated rings. The fraction of sp³-hybridized carbons (Fsp3) is 0.417. The van der Waals surface area contributed by atoms with Gasteiger partial charge in [0.2, 0.25) is 0 Å². The molecule has 0 aliphatic rings. The third kappa shape index (κ3) is 3.02. The van der Waals surface area contributed by atoms with Gasteiger partial charge in [0.15, 0.2) is 5.82 Å². The van der Waals surface area contributed by atoms with Crippen molar-refractivity contribution < 1.29 is 4.74 Å². The monoisotopic (exact) mass is 281 g/mol. The van der Waals surface area contributed by atoms with Gasteiger partial charge in [-0.1, -0.05) is 11.6 Å². The van der Waals surface area contributed by atoms with E-state index in [-0.39, 0.29) is 6.04 Å². The van der Waals surface area contributed by atoms with Gasteiger partial charge in [-0.05, 0) is 42.5 Å². The lowest BCUT2D eigenvalue weighted by Crippen LogP contribution is -2.15. The number of anilines is 1. The summed E-state index contributed by atoms with van der Waals surface area (Å²) in [6, 6.07) is 5.29. The van der Waals surface area contributed by atoms with Gasteiger partial charge in [0.1, 0.15) is 0 Å². The van der Waals surface area contributed by atoms with Crippen molar-refractivity contribution in [3.05, 3.63) is 23.2 Å². The molecule has 7 heteroatoms. The van der Waals surface area contributed by atoms with Crippen molar-refractivity contribution in [2.45, 2.75) is 19.9 Å². The van der Waals surface area contributed by atoms with Crippen LogP contribution in [-0.4, -0.2) is 33.4 Å². The first-order chi connectivity index (χ1) is 9.13. The summed E-state index contributed by atoms with van der Waals surface area (Å²) in [4.78, 5) is 0. The van der Waals surface area contributed by atoms with Crippen LogP contribution in [-0.2, 0) is 4.74 Å². The Morgan fingerprint density at radius 3 is 2.95 bits per heavy atom. The number of rotatable bonds is 5. The highest BCUT2D eigenvalue weighted by atomic mass is 35.5. The molecule has 0 amide bonds. The summed E-state index contributed by atoms with van der Waals surface area (Å²) in [6.07, 6.45) is 0. The minimum atomic E-state index is 0.0278. The van der Waals surface area contributed by atoms with Crippen LogP contribution in [0.1, 0.15) is 19.9 Å². The largest absolute Gasteiger partial charge is 0.398 e. The Labute approximate surface area is 116 Å². The van der Waals surface area contributed by atoms with Crippen molar-refractivity contribution in [3.8, 4) is 11.4 Å². The number of hydrogen-bond donors (Lipinski definition) is 1. The first kappa shape index (κ1) is 13.8. The minimum Gasteiger partial charge on any atom is -0.398 e. The second-order valence-corrected chi connectivity index (χ2v) is 4.62. The maximum absolute atomic E-state index is 5.96. The second-order valence-electron chi connectivity index (χ2n) is 4.19. The van der Waals surface area contributed by atoms with E-state index < -0.39 is 0 Å². The quantitative estimate of drug-likeness (QED) is 0.850. The number of nitrogens with two attached hydrogens (primary N) is 1. The third-order valence-corrected chi connectivity index (χ3v) is 2.96. The summed E-state index contributed by atoms with van der Waals surface area (Å²) in [5.41, 5.74) is 7.27. The van der Waals surface area contributed by atoms with Crippen LogP contribution < -0.4 is 5.73 Å². The highest BCUT2D eigenvalue weighted by molar-refractivity contribution is 6.31. The first-order valence-corrected chi connectivity index (χ1v) is 6.42. The molecule has 0 spiro atoms. The molecule has 0 saturated carbocycles. The van der Waals surface area contributed by atoms with Gasteiger partial charge in [-0.3, -0.25) is 0 Å². The normalized spacial score (nSPS) is 12.6. The fourth-order valence-electron chi connectivity index (χ4n) is 1.76. The number of ether oxygens (including phenoxy) is 1. The Hall–Kier alpha value is -1.66. The average Bonchev–Trinajstić information content (AvgIpc) is 2.85. The van der Waals surface area contributed by atoms with Crippen molar-refractivity contribution in [2.24, 2.45) is 0 Å². The zero-order chi connectivity index (χ0) is 13.8. The fourth-order valence-corrected chi connectivity index (χ4v) is 1.94. The van der Waals surface area contributed by atoms with Crippen molar-refractivity contribution >= 4 is 17.3 Å². The van der Waals surface area contributed by atoms with Crippen LogP contribution >= 0.6 is 11.6 Å². The summed E-state index contributed by atoms with van der Waals surface area (Å²) in [5.74, 6) is 0.612. The highest BCUT2D eigenvalue weighted by Crippen LogP contribution is 2.27. The molecule has 6 nitrogen and oxygen atoms in total. The lowest BCUT2D eigenvalue weighted by atomic mass is 10.1. The molecule has 1 unspecified atom stereocenters. The molecule has 0 bridgehead atoms. The van der Waals surface area contributed by atoms with Gasteiger partial charge in [0.05, 0.1) is 12.6 Å². The van der Waals surface area contributed by atoms with Crippen LogP contribution in [0.15, 0.2) is 18.2 Å². The lowest BCUT2D eigenvalue weighted by Gasteiger charge is -2.14. The molecule has 1 aromatic heterocycles. The van der Waals surface area contributed by atoms with Crippen LogP contribution in [0.3, 0.4) is 0 Å². The van der Waals surface area contributed by atoms with E-state index in [0.29, 0.717) is 29.7 Å². The van der Waals surface area contributed by atoms with E-state index in [1.54, 1.807) is 16.8 Å². The molecule has 19 heavy (non-hydrogen) atoms. The summed E-state index contributed by atoms with van der Waals surface area (Å²) in [5, 5.41) is 12.3. The molecule has 1 aromatic carbocycles. The van der Waals surface area contributed by atoms with E-state index in [0.717, 1.165) is 5.56 Å². The molecule has 0 aliphatic carbocycles. The van der Waals surface area contributed by atoms with Gasteiger partial charge in [-0.15, -0.1) is 5.10 Å². The maximum atomic E-state index is 5.96. The molecular formula is C12H16ClN5O. The Morgan fingerprint density at radius 2 is 2.26 bits per heavy atom. The van der Waals surface area contributed by atoms with Gasteiger partial charge >= 0.3 is 0 Å². The average molecular weight is 282 g/mol. The van der Waals surface area contributed by atoms with Gasteiger partial charge in [-0.25, -0.2) is 4.68 Å². The summed E-state index contributed by atoms with van der Waals surface area (Å²) >= 11 is 5.89. The molecule has 0 saturated heterocycles. The van der Waals surface area contributed by atoms with Crippen molar-refractivity contribution in [1.29, 1.82) is 0 Å². The van der Waals surface area contributed by atoms with Gasteiger partial charge in [0, 0.05) is 22.9 Å². The lowest BCUT2D eigenvalue weighted by molar-refractivity contribution is 0.115. The Bertz CT molecular complexity index is 557. The smallest absolute Gasteiger partial charge is 0.184 e. The molecule has 2 rings (SSSR count). The Kier molecular flexibility index (Phi) is 4.34. The predicted octanol–water partition coefficient (Wildman–Crippen LogP) is 2.17. The maximum Gasteiger partial charge on any atom is 0.184 e. The number of benzene rings is 1. The van der Waals surface area contributed by atoms with Gasteiger partial charge in [0.25, 0.3) is 0 Å². The molecule has 0 radical (unpaired) electrons. The van der Waals surface area contributed by atoms with E-state index in [9.17, 15) is 0 Å². The minimum absolute atomic E-state index is 0.0278. The first-order valence-electron chi connectivity index (χ1n) is 6.04. The molecular weight excluding hydrogens is 266 g/mol. The highest BCUT2D eigenvalue weighted by Gasteiger charge is 2.16. The van der Waals surface area contributed by atoms with Crippen molar-refractivity contribution in [1.82, 2.24) is 20.2 Å². The Morgan fingerprint density at radius 1 is 1.47 bits per heavy atom. The number of hydrogen-bond acceptors (Lipinski definition) is 5. The molecule has 2 aromatic rings. The van der Waals surface area contributed by atoms with Crippen molar-refractivity contribution in [2.75, 3.05) is 18.9 Å². The SMILES string of the molecule is CCOCC(C)n1nnnc1-c1ccc(Cl)cc1N. The summed E-state index contributed by atoms with van der Waals surface area (Å²) in [7, 11) is 0. The zero-order valence-corrected chi connectivity index (χ0v) is 11.6. The molecule has 2 N–H and O–H groups in total. The zero-order valence-electron chi connectivity index (χ0n) is 10.9. The van der Waals surface area contributed by atoms with E-state index in [1.165, 1.54) is 0 Å².